The van der Waals surface area contributed by atoms with Gasteiger partial charge in [0.25, 0.3) is 11.8 Å². The quantitative estimate of drug-likeness (QED) is 0.746. The maximum absolute atomic E-state index is 12.3. The Morgan fingerprint density at radius 3 is 2.19 bits per heavy atom. The molecular formula is C20H24N2O5. The highest BCUT2D eigenvalue weighted by molar-refractivity contribution is 5.94. The Balaban J connectivity index is 1.42. The molecule has 1 aliphatic rings. The zero-order valence-corrected chi connectivity index (χ0v) is 15.4. The summed E-state index contributed by atoms with van der Waals surface area (Å²) >= 11 is 0. The van der Waals surface area contributed by atoms with E-state index in [0.717, 1.165) is 12.2 Å². The Kier molecular flexibility index (Phi) is 6.35. The molecule has 1 aromatic heterocycles. The average Bonchev–Trinajstić information content (AvgIpc) is 3.25. The van der Waals surface area contributed by atoms with Crippen LogP contribution in [0, 0.1) is 0 Å². The van der Waals surface area contributed by atoms with E-state index in [1.54, 1.807) is 28.0 Å². The first-order valence-corrected chi connectivity index (χ1v) is 9.12. The normalized spacial score (nSPS) is 14.1. The highest BCUT2D eigenvalue weighted by Crippen LogP contribution is 2.18. The monoisotopic (exact) mass is 372 g/mol. The minimum atomic E-state index is -0.0864. The first-order chi connectivity index (χ1) is 13.2. The number of ether oxygens (including phenoxy) is 2. The van der Waals surface area contributed by atoms with Gasteiger partial charge in [-0.05, 0) is 36.8 Å². The first kappa shape index (κ1) is 18.8. The summed E-state index contributed by atoms with van der Waals surface area (Å²) < 4.78 is 16.0. The van der Waals surface area contributed by atoms with Crippen LogP contribution in [0.4, 0.5) is 0 Å². The lowest BCUT2D eigenvalue weighted by atomic mass is 10.2. The highest BCUT2D eigenvalue weighted by atomic mass is 16.5. The summed E-state index contributed by atoms with van der Waals surface area (Å²) in [4.78, 5) is 28.1. The Bertz CT molecular complexity index is 734. The topological polar surface area (TPSA) is 72.2 Å². The van der Waals surface area contributed by atoms with Crippen molar-refractivity contribution in [3.63, 3.8) is 0 Å². The van der Waals surface area contributed by atoms with Crippen molar-refractivity contribution in [2.24, 2.45) is 0 Å². The molecule has 144 valence electrons. The number of carbonyl (C=O) groups is 2. The summed E-state index contributed by atoms with van der Waals surface area (Å²) in [5.41, 5.74) is 0.532. The molecule has 0 radical (unpaired) electrons. The van der Waals surface area contributed by atoms with Gasteiger partial charge >= 0.3 is 0 Å². The van der Waals surface area contributed by atoms with Gasteiger partial charge in [-0.15, -0.1) is 0 Å². The molecule has 2 aromatic rings. The second kappa shape index (κ2) is 9.12. The van der Waals surface area contributed by atoms with Crippen molar-refractivity contribution < 1.29 is 23.5 Å². The fraction of sp³-hybridized carbons (Fsp3) is 0.400. The molecular weight excluding hydrogens is 348 g/mol. The third kappa shape index (κ3) is 5.03. The maximum Gasteiger partial charge on any atom is 0.260 e. The smallest absolute Gasteiger partial charge is 0.260 e. The number of nitrogens with zero attached hydrogens (tertiary/aromatic N) is 2. The molecule has 1 aliphatic heterocycles. The summed E-state index contributed by atoms with van der Waals surface area (Å²) in [7, 11) is 0. The van der Waals surface area contributed by atoms with Crippen molar-refractivity contribution in [3.05, 3.63) is 48.4 Å². The molecule has 7 heteroatoms. The third-order valence-electron chi connectivity index (χ3n) is 4.35. The third-order valence-corrected chi connectivity index (χ3v) is 4.35. The lowest BCUT2D eigenvalue weighted by molar-refractivity contribution is -0.134. The van der Waals surface area contributed by atoms with E-state index >= 15 is 0 Å². The van der Waals surface area contributed by atoms with Gasteiger partial charge in [-0.3, -0.25) is 9.59 Å². The van der Waals surface area contributed by atoms with Crippen LogP contribution in [0.2, 0.25) is 0 Å². The molecule has 1 fully saturated rings. The van der Waals surface area contributed by atoms with Gasteiger partial charge < -0.3 is 23.7 Å². The van der Waals surface area contributed by atoms with Crippen molar-refractivity contribution in [1.29, 1.82) is 0 Å². The van der Waals surface area contributed by atoms with Crippen LogP contribution in [0.25, 0.3) is 0 Å². The highest BCUT2D eigenvalue weighted by Gasteiger charge is 2.25. The Morgan fingerprint density at radius 1 is 0.963 bits per heavy atom. The minimum Gasteiger partial charge on any atom is -0.494 e. The fourth-order valence-corrected chi connectivity index (χ4v) is 2.82. The van der Waals surface area contributed by atoms with E-state index in [1.165, 1.54) is 12.5 Å². The predicted octanol–water partition coefficient (Wildman–Crippen LogP) is 2.43. The average molecular weight is 372 g/mol. The fourth-order valence-electron chi connectivity index (χ4n) is 2.82. The van der Waals surface area contributed by atoms with Crippen molar-refractivity contribution in [2.75, 3.05) is 39.4 Å². The van der Waals surface area contributed by atoms with Gasteiger partial charge in [0, 0.05) is 26.2 Å². The largest absolute Gasteiger partial charge is 0.494 e. The van der Waals surface area contributed by atoms with E-state index in [1.807, 2.05) is 12.1 Å². The van der Waals surface area contributed by atoms with Gasteiger partial charge in [0.05, 0.1) is 18.4 Å². The molecule has 1 aromatic carbocycles. The summed E-state index contributed by atoms with van der Waals surface area (Å²) in [6.07, 6.45) is 3.87. The van der Waals surface area contributed by atoms with Gasteiger partial charge in [0.15, 0.2) is 6.61 Å². The Morgan fingerprint density at radius 2 is 1.59 bits per heavy atom. The van der Waals surface area contributed by atoms with E-state index in [0.29, 0.717) is 44.1 Å². The summed E-state index contributed by atoms with van der Waals surface area (Å²) in [5, 5.41) is 0. The summed E-state index contributed by atoms with van der Waals surface area (Å²) in [6, 6.07) is 8.89. The van der Waals surface area contributed by atoms with Gasteiger partial charge in [-0.25, -0.2) is 0 Å². The van der Waals surface area contributed by atoms with Gasteiger partial charge in [0.1, 0.15) is 17.8 Å². The van der Waals surface area contributed by atoms with Crippen LogP contribution in [0.15, 0.2) is 47.3 Å². The molecule has 3 rings (SSSR count). The van der Waals surface area contributed by atoms with Crippen LogP contribution < -0.4 is 9.47 Å². The van der Waals surface area contributed by atoms with E-state index in [9.17, 15) is 9.59 Å². The number of carbonyl (C=O) groups excluding carboxylic acids is 2. The lowest BCUT2D eigenvalue weighted by Gasteiger charge is -2.34. The number of furan rings is 1. The van der Waals surface area contributed by atoms with Crippen LogP contribution in [0.1, 0.15) is 23.7 Å². The second-order valence-electron chi connectivity index (χ2n) is 6.29. The SMILES string of the molecule is CCCOc1ccc(OCC(=O)N2CCN(C(=O)c3ccoc3)CC2)cc1. The summed E-state index contributed by atoms with van der Waals surface area (Å²) in [5.74, 6) is 1.25. The van der Waals surface area contributed by atoms with Crippen LogP contribution >= 0.6 is 0 Å². The van der Waals surface area contributed by atoms with Gasteiger partial charge in [0.2, 0.25) is 0 Å². The molecule has 0 saturated carbocycles. The molecule has 0 unspecified atom stereocenters. The Hall–Kier alpha value is -2.96. The van der Waals surface area contributed by atoms with Gasteiger partial charge in [-0.2, -0.15) is 0 Å². The molecule has 0 atom stereocenters. The molecule has 1 saturated heterocycles. The van der Waals surface area contributed by atoms with E-state index in [-0.39, 0.29) is 18.4 Å². The summed E-state index contributed by atoms with van der Waals surface area (Å²) in [6.45, 7) is 4.69. The van der Waals surface area contributed by atoms with Gasteiger partial charge in [-0.1, -0.05) is 6.92 Å². The van der Waals surface area contributed by atoms with Crippen LogP contribution in [-0.4, -0.2) is 61.0 Å². The number of hydrogen-bond donors (Lipinski definition) is 0. The van der Waals surface area contributed by atoms with Crippen molar-refractivity contribution in [1.82, 2.24) is 9.80 Å². The molecule has 2 heterocycles. The van der Waals surface area contributed by atoms with E-state index in [4.69, 9.17) is 13.9 Å². The minimum absolute atomic E-state index is 0.0230. The predicted molar refractivity (Wildman–Crippen MR) is 98.9 cm³/mol. The molecule has 7 nitrogen and oxygen atoms in total. The number of piperazine rings is 1. The number of amides is 2. The number of rotatable bonds is 7. The molecule has 0 aliphatic carbocycles. The van der Waals surface area contributed by atoms with Crippen LogP contribution in [0.3, 0.4) is 0 Å². The zero-order chi connectivity index (χ0) is 19.1. The Labute approximate surface area is 158 Å². The van der Waals surface area contributed by atoms with E-state index < -0.39 is 0 Å². The lowest BCUT2D eigenvalue weighted by Crippen LogP contribution is -2.51. The van der Waals surface area contributed by atoms with E-state index in [2.05, 4.69) is 6.92 Å². The standard InChI is InChI=1S/C20H24N2O5/c1-2-12-26-17-3-5-18(6-4-17)27-15-19(23)21-8-10-22(11-9-21)20(24)16-7-13-25-14-16/h3-7,13-14H,2,8-12,15H2,1H3. The first-order valence-electron chi connectivity index (χ1n) is 9.12. The molecule has 0 spiro atoms. The second-order valence-corrected chi connectivity index (χ2v) is 6.29. The number of benzene rings is 1. The molecule has 0 bridgehead atoms. The number of hydrogen-bond acceptors (Lipinski definition) is 5. The van der Waals surface area contributed by atoms with Crippen LogP contribution in [0.5, 0.6) is 11.5 Å². The molecule has 0 N–H and O–H groups in total. The molecule has 27 heavy (non-hydrogen) atoms. The van der Waals surface area contributed by atoms with Crippen molar-refractivity contribution >= 4 is 11.8 Å². The maximum atomic E-state index is 12.3. The molecule has 2 amide bonds. The van der Waals surface area contributed by atoms with Crippen molar-refractivity contribution in [3.8, 4) is 11.5 Å². The van der Waals surface area contributed by atoms with Crippen LogP contribution in [-0.2, 0) is 4.79 Å². The van der Waals surface area contributed by atoms with Crippen molar-refractivity contribution in [2.45, 2.75) is 13.3 Å². The zero-order valence-electron chi connectivity index (χ0n) is 15.4.